The Morgan fingerprint density at radius 2 is 1.75 bits per heavy atom. The van der Waals surface area contributed by atoms with Crippen molar-refractivity contribution in [3.8, 4) is 11.3 Å². The van der Waals surface area contributed by atoms with Crippen LogP contribution in [-0.4, -0.2) is 10.2 Å². The van der Waals surface area contributed by atoms with Crippen LogP contribution in [0.25, 0.3) is 11.3 Å². The van der Waals surface area contributed by atoms with Crippen molar-refractivity contribution < 1.29 is 0 Å². The molecule has 4 heteroatoms. The lowest BCUT2D eigenvalue weighted by atomic mass is 10.1. The Hall–Kier alpha value is -1.94. The number of aromatic nitrogens is 2. The molecule has 0 unspecified atom stereocenters. The zero-order valence-electron chi connectivity index (χ0n) is 9.36. The predicted octanol–water partition coefficient (Wildman–Crippen LogP) is 2.05. The second-order valence-corrected chi connectivity index (χ2v) is 3.77. The highest BCUT2D eigenvalue weighted by Crippen LogP contribution is 2.20. The average Bonchev–Trinajstić information content (AvgIpc) is 2.30. The van der Waals surface area contributed by atoms with Gasteiger partial charge < -0.3 is 5.43 Å². The largest absolute Gasteiger partial charge is 0.307 e. The average molecular weight is 214 g/mol. The lowest BCUT2D eigenvalue weighted by Crippen LogP contribution is -2.11. The quantitative estimate of drug-likeness (QED) is 0.593. The van der Waals surface area contributed by atoms with Crippen molar-refractivity contribution in [1.29, 1.82) is 0 Å². The van der Waals surface area contributed by atoms with Gasteiger partial charge >= 0.3 is 0 Å². The van der Waals surface area contributed by atoms with Gasteiger partial charge in [0.2, 0.25) is 0 Å². The molecule has 4 nitrogen and oxygen atoms in total. The van der Waals surface area contributed by atoms with Crippen LogP contribution >= 0.6 is 0 Å². The molecule has 0 radical (unpaired) electrons. The van der Waals surface area contributed by atoms with Gasteiger partial charge in [0.25, 0.3) is 0 Å². The Kier molecular flexibility index (Phi) is 2.83. The summed E-state index contributed by atoms with van der Waals surface area (Å²) in [5.41, 5.74) is 6.64. The fourth-order valence-electron chi connectivity index (χ4n) is 1.49. The second-order valence-electron chi connectivity index (χ2n) is 3.77. The molecule has 1 aromatic carbocycles. The van der Waals surface area contributed by atoms with Crippen LogP contribution in [0.5, 0.6) is 0 Å². The van der Waals surface area contributed by atoms with Crippen molar-refractivity contribution >= 4 is 5.82 Å². The first kappa shape index (κ1) is 10.6. The Bertz CT molecular complexity index is 491. The molecule has 0 spiro atoms. The number of benzene rings is 1. The molecule has 0 aliphatic heterocycles. The number of nitrogens with one attached hydrogen (secondary N) is 1. The summed E-state index contributed by atoms with van der Waals surface area (Å²) in [6, 6.07) is 10.2. The molecular weight excluding hydrogens is 200 g/mol. The van der Waals surface area contributed by atoms with E-state index in [1.807, 2.05) is 25.1 Å². The van der Waals surface area contributed by atoms with E-state index in [2.05, 4.69) is 34.7 Å². The number of nitrogens with zero attached hydrogens (tertiary/aromatic N) is 2. The smallest absolute Gasteiger partial charge is 0.165 e. The van der Waals surface area contributed by atoms with E-state index in [4.69, 9.17) is 5.84 Å². The first-order valence-corrected chi connectivity index (χ1v) is 5.08. The number of hydrogen-bond acceptors (Lipinski definition) is 4. The molecule has 1 heterocycles. The number of hydrazine groups is 1. The zero-order chi connectivity index (χ0) is 11.5. The van der Waals surface area contributed by atoms with Gasteiger partial charge in [-0.15, -0.1) is 10.2 Å². The first-order valence-electron chi connectivity index (χ1n) is 5.08. The summed E-state index contributed by atoms with van der Waals surface area (Å²) in [7, 11) is 0. The van der Waals surface area contributed by atoms with Gasteiger partial charge in [-0.1, -0.05) is 29.8 Å². The molecule has 0 bridgehead atoms. The molecule has 2 aromatic rings. The summed E-state index contributed by atoms with van der Waals surface area (Å²) in [5, 5.41) is 8.13. The lowest BCUT2D eigenvalue weighted by Gasteiger charge is -2.05. The summed E-state index contributed by atoms with van der Waals surface area (Å²) in [6.45, 7) is 4.00. The molecule has 3 N–H and O–H groups in total. The van der Waals surface area contributed by atoms with E-state index in [1.54, 1.807) is 0 Å². The van der Waals surface area contributed by atoms with Crippen molar-refractivity contribution in [2.75, 3.05) is 5.43 Å². The van der Waals surface area contributed by atoms with Crippen LogP contribution < -0.4 is 11.3 Å². The van der Waals surface area contributed by atoms with Crippen LogP contribution in [0.2, 0.25) is 0 Å². The minimum Gasteiger partial charge on any atom is -0.307 e. The monoisotopic (exact) mass is 214 g/mol. The Labute approximate surface area is 94.5 Å². The van der Waals surface area contributed by atoms with Crippen molar-refractivity contribution in [2.24, 2.45) is 5.84 Å². The maximum absolute atomic E-state index is 5.31. The second kappa shape index (κ2) is 4.28. The van der Waals surface area contributed by atoms with Gasteiger partial charge in [-0.3, -0.25) is 0 Å². The van der Waals surface area contributed by atoms with Crippen molar-refractivity contribution in [3.05, 3.63) is 41.5 Å². The van der Waals surface area contributed by atoms with Gasteiger partial charge in [0, 0.05) is 5.56 Å². The Morgan fingerprint density at radius 1 is 1.06 bits per heavy atom. The van der Waals surface area contributed by atoms with Crippen LogP contribution in [0.15, 0.2) is 30.3 Å². The maximum Gasteiger partial charge on any atom is 0.165 e. The summed E-state index contributed by atoms with van der Waals surface area (Å²) in [6.07, 6.45) is 0. The van der Waals surface area contributed by atoms with Crippen molar-refractivity contribution in [2.45, 2.75) is 13.8 Å². The van der Waals surface area contributed by atoms with E-state index in [0.717, 1.165) is 16.8 Å². The number of rotatable bonds is 2. The number of anilines is 1. The van der Waals surface area contributed by atoms with Gasteiger partial charge in [-0.25, -0.2) is 5.84 Å². The molecule has 82 valence electrons. The van der Waals surface area contributed by atoms with Crippen LogP contribution in [0.4, 0.5) is 5.82 Å². The third kappa shape index (κ3) is 2.01. The third-order valence-electron chi connectivity index (χ3n) is 2.47. The Balaban J connectivity index is 2.41. The molecule has 0 atom stereocenters. The number of nitrogen functional groups attached to an aromatic ring is 1. The fraction of sp³-hybridized carbons (Fsp3) is 0.167. The van der Waals surface area contributed by atoms with Crippen molar-refractivity contribution in [3.63, 3.8) is 0 Å². The highest BCUT2D eigenvalue weighted by atomic mass is 15.3. The number of aryl methyl sites for hydroxylation is 2. The van der Waals surface area contributed by atoms with E-state index in [0.29, 0.717) is 5.82 Å². The maximum atomic E-state index is 5.31. The fourth-order valence-corrected chi connectivity index (χ4v) is 1.49. The molecule has 2 rings (SSSR count). The molecule has 0 saturated heterocycles. The molecular formula is C12H14N4. The summed E-state index contributed by atoms with van der Waals surface area (Å²) < 4.78 is 0. The molecule has 0 aliphatic rings. The summed E-state index contributed by atoms with van der Waals surface area (Å²) in [4.78, 5) is 0. The van der Waals surface area contributed by atoms with Crippen LogP contribution in [0.1, 0.15) is 11.1 Å². The van der Waals surface area contributed by atoms with Gasteiger partial charge in [-0.2, -0.15) is 0 Å². The molecule has 0 amide bonds. The third-order valence-corrected chi connectivity index (χ3v) is 2.47. The topological polar surface area (TPSA) is 63.8 Å². The van der Waals surface area contributed by atoms with E-state index in [1.165, 1.54) is 5.56 Å². The molecule has 0 aliphatic carbocycles. The van der Waals surface area contributed by atoms with E-state index in [9.17, 15) is 0 Å². The SMILES string of the molecule is Cc1ccc(-c2cc(C)c(NN)nn2)cc1. The van der Waals surface area contributed by atoms with Crippen LogP contribution in [0, 0.1) is 13.8 Å². The predicted molar refractivity (Wildman–Crippen MR) is 64.8 cm³/mol. The number of hydrogen-bond donors (Lipinski definition) is 2. The molecule has 16 heavy (non-hydrogen) atoms. The number of nitrogens with two attached hydrogens (primary N) is 1. The van der Waals surface area contributed by atoms with E-state index >= 15 is 0 Å². The van der Waals surface area contributed by atoms with Crippen molar-refractivity contribution in [1.82, 2.24) is 10.2 Å². The van der Waals surface area contributed by atoms with Gasteiger partial charge in [0.1, 0.15) is 0 Å². The minimum atomic E-state index is 0.607. The van der Waals surface area contributed by atoms with E-state index in [-0.39, 0.29) is 0 Å². The lowest BCUT2D eigenvalue weighted by molar-refractivity contribution is 1.01. The van der Waals surface area contributed by atoms with Gasteiger partial charge in [0.05, 0.1) is 5.69 Å². The standard InChI is InChI=1S/C12H14N4/c1-8-3-5-10(6-4-8)11-7-9(2)12(14-13)16-15-11/h3-7H,13H2,1-2H3,(H,14,16). The van der Waals surface area contributed by atoms with Gasteiger partial charge in [-0.05, 0) is 25.5 Å². The minimum absolute atomic E-state index is 0.607. The van der Waals surface area contributed by atoms with Crippen LogP contribution in [0.3, 0.4) is 0 Å². The molecule has 0 saturated carbocycles. The van der Waals surface area contributed by atoms with Crippen LogP contribution in [-0.2, 0) is 0 Å². The van der Waals surface area contributed by atoms with Gasteiger partial charge in [0.15, 0.2) is 5.82 Å². The molecule has 0 fully saturated rings. The van der Waals surface area contributed by atoms with E-state index < -0.39 is 0 Å². The molecule has 1 aromatic heterocycles. The highest BCUT2D eigenvalue weighted by Gasteiger charge is 2.03. The summed E-state index contributed by atoms with van der Waals surface area (Å²) >= 11 is 0. The Morgan fingerprint density at radius 3 is 2.31 bits per heavy atom. The zero-order valence-corrected chi connectivity index (χ0v) is 9.36. The first-order chi connectivity index (χ1) is 7.70. The highest BCUT2D eigenvalue weighted by molar-refractivity contribution is 5.61. The normalized spacial score (nSPS) is 10.2. The summed E-state index contributed by atoms with van der Waals surface area (Å²) in [5.74, 6) is 5.91.